The van der Waals surface area contributed by atoms with E-state index >= 15 is 0 Å². The Morgan fingerprint density at radius 3 is 2.08 bits per heavy atom. The third-order valence-electron chi connectivity index (χ3n) is 1.34. The number of aliphatic carboxylic acids is 1. The van der Waals surface area contributed by atoms with Gasteiger partial charge in [0.2, 0.25) is 0 Å². The van der Waals surface area contributed by atoms with Gasteiger partial charge in [0.15, 0.2) is 6.10 Å². The molecule has 0 amide bonds. The highest BCUT2D eigenvalue weighted by atomic mass is 16.4. The fraction of sp³-hybridized carbons (Fsp3) is 0.833. The van der Waals surface area contributed by atoms with Gasteiger partial charge in [0.25, 0.3) is 0 Å². The Labute approximate surface area is 68.7 Å². The first-order valence-electron chi connectivity index (χ1n) is 3.37. The van der Waals surface area contributed by atoms with Crippen LogP contribution in [0.5, 0.6) is 0 Å². The Kier molecular flexibility index (Phi) is 4.75. The molecule has 12 heavy (non-hydrogen) atoms. The Bertz CT molecular complexity index is 147. The van der Waals surface area contributed by atoms with E-state index in [1.807, 2.05) is 0 Å². The quantitative estimate of drug-likeness (QED) is 0.320. The number of carboxylic acids is 1. The van der Waals surface area contributed by atoms with Crippen LogP contribution in [0.3, 0.4) is 0 Å². The smallest absolute Gasteiger partial charge is 0.335 e. The molecular formula is C6H12O6. The lowest BCUT2D eigenvalue weighted by Gasteiger charge is -2.15. The minimum Gasteiger partial charge on any atom is -0.479 e. The van der Waals surface area contributed by atoms with Crippen LogP contribution in [0.15, 0.2) is 0 Å². The number of hydrogen-bond acceptors (Lipinski definition) is 5. The first kappa shape index (κ1) is 11.3. The molecule has 0 aliphatic rings. The summed E-state index contributed by atoms with van der Waals surface area (Å²) in [6.07, 6.45) is -5.07. The first-order valence-corrected chi connectivity index (χ1v) is 3.37. The van der Waals surface area contributed by atoms with Crippen LogP contribution in [0.2, 0.25) is 0 Å². The molecule has 3 atom stereocenters. The van der Waals surface area contributed by atoms with Crippen molar-refractivity contribution in [1.29, 1.82) is 0 Å². The zero-order chi connectivity index (χ0) is 9.72. The van der Waals surface area contributed by atoms with Crippen molar-refractivity contribution in [3.8, 4) is 0 Å². The average molecular weight is 180 g/mol. The van der Waals surface area contributed by atoms with E-state index in [0.29, 0.717) is 0 Å². The first-order chi connectivity index (χ1) is 5.49. The summed E-state index contributed by atoms with van der Waals surface area (Å²) in [7, 11) is 0. The Hall–Kier alpha value is -0.690. The van der Waals surface area contributed by atoms with Gasteiger partial charge in [-0.25, -0.2) is 4.79 Å². The van der Waals surface area contributed by atoms with Gasteiger partial charge in [0, 0.05) is 6.42 Å². The second-order valence-corrected chi connectivity index (χ2v) is 2.42. The van der Waals surface area contributed by atoms with E-state index in [4.69, 9.17) is 25.5 Å². The maximum absolute atomic E-state index is 10.1. The predicted octanol–water partition coefficient (Wildman–Crippen LogP) is -2.46. The molecule has 0 heterocycles. The van der Waals surface area contributed by atoms with Gasteiger partial charge in [0.1, 0.15) is 0 Å². The van der Waals surface area contributed by atoms with Crippen molar-refractivity contribution in [2.75, 3.05) is 6.61 Å². The molecule has 0 fully saturated rings. The molecule has 0 saturated heterocycles. The molecule has 5 N–H and O–H groups in total. The van der Waals surface area contributed by atoms with Crippen LogP contribution in [0.4, 0.5) is 0 Å². The lowest BCUT2D eigenvalue weighted by Crippen LogP contribution is -2.36. The van der Waals surface area contributed by atoms with Gasteiger partial charge < -0.3 is 25.5 Å². The summed E-state index contributed by atoms with van der Waals surface area (Å²) in [4.78, 5) is 10.1. The minimum atomic E-state index is -1.92. The van der Waals surface area contributed by atoms with Crippen LogP contribution in [0, 0.1) is 0 Å². The highest BCUT2D eigenvalue weighted by Crippen LogP contribution is 2.02. The average Bonchev–Trinajstić information content (AvgIpc) is 2.02. The summed E-state index contributed by atoms with van der Waals surface area (Å²) in [5.41, 5.74) is 0. The molecule has 0 radical (unpaired) electrons. The Balaban J connectivity index is 3.86. The van der Waals surface area contributed by atoms with Crippen LogP contribution in [-0.4, -0.2) is 56.4 Å². The zero-order valence-electron chi connectivity index (χ0n) is 6.29. The van der Waals surface area contributed by atoms with Gasteiger partial charge in [-0.15, -0.1) is 0 Å². The SMILES string of the molecule is O=C(O)[C@H](O)[C@@H](O)C[C@H](O)CO. The molecule has 0 aliphatic heterocycles. The van der Waals surface area contributed by atoms with Crippen LogP contribution in [0.25, 0.3) is 0 Å². The number of carbonyl (C=O) groups is 1. The summed E-state index contributed by atoms with van der Waals surface area (Å²) in [6, 6.07) is 0. The fourth-order valence-corrected chi connectivity index (χ4v) is 0.647. The topological polar surface area (TPSA) is 118 Å². The van der Waals surface area contributed by atoms with Gasteiger partial charge >= 0.3 is 5.97 Å². The maximum Gasteiger partial charge on any atom is 0.335 e. The number of carboxylic acid groups (broad SMARTS) is 1. The second-order valence-electron chi connectivity index (χ2n) is 2.42. The molecule has 0 unspecified atom stereocenters. The van der Waals surface area contributed by atoms with Crippen molar-refractivity contribution >= 4 is 5.97 Å². The molecule has 0 aromatic heterocycles. The van der Waals surface area contributed by atoms with Gasteiger partial charge in [-0.3, -0.25) is 0 Å². The summed E-state index contributed by atoms with van der Waals surface area (Å²) in [6.45, 7) is -0.580. The third kappa shape index (κ3) is 3.63. The summed E-state index contributed by atoms with van der Waals surface area (Å²) >= 11 is 0. The highest BCUT2D eigenvalue weighted by Gasteiger charge is 2.25. The van der Waals surface area contributed by atoms with E-state index in [-0.39, 0.29) is 6.42 Å². The Morgan fingerprint density at radius 2 is 1.75 bits per heavy atom. The molecule has 0 spiro atoms. The minimum absolute atomic E-state index is 0.371. The van der Waals surface area contributed by atoms with E-state index in [0.717, 1.165) is 0 Å². The molecule has 0 rings (SSSR count). The van der Waals surface area contributed by atoms with Crippen molar-refractivity contribution in [1.82, 2.24) is 0 Å². The number of aliphatic hydroxyl groups is 4. The Morgan fingerprint density at radius 1 is 1.25 bits per heavy atom. The van der Waals surface area contributed by atoms with Gasteiger partial charge in [0.05, 0.1) is 18.8 Å². The molecule has 6 nitrogen and oxygen atoms in total. The molecule has 0 saturated carbocycles. The van der Waals surface area contributed by atoms with Crippen molar-refractivity contribution in [2.24, 2.45) is 0 Å². The molecule has 72 valence electrons. The predicted molar refractivity (Wildman–Crippen MR) is 37.4 cm³/mol. The number of rotatable bonds is 5. The molecule has 6 heteroatoms. The normalized spacial score (nSPS) is 18.3. The van der Waals surface area contributed by atoms with Crippen LogP contribution in [0.1, 0.15) is 6.42 Å². The maximum atomic E-state index is 10.1. The molecule has 0 bridgehead atoms. The van der Waals surface area contributed by atoms with Crippen molar-refractivity contribution in [2.45, 2.75) is 24.7 Å². The van der Waals surface area contributed by atoms with Crippen molar-refractivity contribution in [3.63, 3.8) is 0 Å². The highest BCUT2D eigenvalue weighted by molar-refractivity contribution is 5.72. The van der Waals surface area contributed by atoms with E-state index in [1.165, 1.54) is 0 Å². The van der Waals surface area contributed by atoms with Crippen LogP contribution < -0.4 is 0 Å². The van der Waals surface area contributed by atoms with Gasteiger partial charge in [-0.1, -0.05) is 0 Å². The van der Waals surface area contributed by atoms with Gasteiger partial charge in [-0.2, -0.15) is 0 Å². The zero-order valence-corrected chi connectivity index (χ0v) is 6.29. The standard InChI is InChI=1S/C6H12O6/c7-2-3(8)1-4(9)5(10)6(11)12/h3-5,7-10H,1-2H2,(H,11,12)/t3-,4-,5+/m0/s1. The molecular weight excluding hydrogens is 168 g/mol. The second kappa shape index (κ2) is 5.04. The van der Waals surface area contributed by atoms with E-state index < -0.39 is 30.9 Å². The number of hydrogen-bond donors (Lipinski definition) is 5. The summed E-state index contributed by atoms with van der Waals surface area (Å²) in [5, 5.41) is 42.8. The fourth-order valence-electron chi connectivity index (χ4n) is 0.647. The van der Waals surface area contributed by atoms with E-state index in [9.17, 15) is 4.79 Å². The van der Waals surface area contributed by atoms with Gasteiger partial charge in [-0.05, 0) is 0 Å². The van der Waals surface area contributed by atoms with E-state index in [1.54, 1.807) is 0 Å². The third-order valence-corrected chi connectivity index (χ3v) is 1.34. The number of aliphatic hydroxyl groups excluding tert-OH is 4. The molecule has 0 aromatic carbocycles. The largest absolute Gasteiger partial charge is 0.479 e. The summed E-state index contributed by atoms with van der Waals surface area (Å²) in [5.74, 6) is -1.56. The lowest BCUT2D eigenvalue weighted by molar-refractivity contribution is -0.154. The monoisotopic (exact) mass is 180 g/mol. The van der Waals surface area contributed by atoms with Crippen molar-refractivity contribution < 1.29 is 30.3 Å². The van der Waals surface area contributed by atoms with Crippen LogP contribution in [-0.2, 0) is 4.79 Å². The van der Waals surface area contributed by atoms with Crippen molar-refractivity contribution in [3.05, 3.63) is 0 Å². The summed E-state index contributed by atoms with van der Waals surface area (Å²) < 4.78 is 0. The lowest BCUT2D eigenvalue weighted by atomic mass is 10.1. The molecule has 0 aromatic rings. The molecule has 0 aliphatic carbocycles. The van der Waals surface area contributed by atoms with E-state index in [2.05, 4.69) is 0 Å². The van der Waals surface area contributed by atoms with Crippen LogP contribution >= 0.6 is 0 Å².